The number of unbranched alkanes of at least 4 members (excludes halogenated alkanes) is 20. The molecular weight excluding hydrogens is 836 g/mol. The molecule has 6 N–H and O–H groups in total. The van der Waals surface area contributed by atoms with Crippen LogP contribution in [0.3, 0.4) is 0 Å². The highest BCUT2D eigenvalue weighted by molar-refractivity contribution is 7.47. The fourth-order valence-corrected chi connectivity index (χ4v) is 8.37. The quantitative estimate of drug-likeness (QED) is 0.0147. The number of carbonyl (C=O) groups excluding carboxylic acids is 1. The number of rotatable bonds is 42. The minimum atomic E-state index is -5.03. The van der Waals surface area contributed by atoms with Crippen molar-refractivity contribution in [2.24, 2.45) is 0 Å². The van der Waals surface area contributed by atoms with Gasteiger partial charge in [-0.15, -0.1) is 0 Å². The van der Waals surface area contributed by atoms with Gasteiger partial charge >= 0.3 is 13.8 Å². The molecule has 0 heterocycles. The predicted molar refractivity (Wildman–Crippen MR) is 258 cm³/mol. The van der Waals surface area contributed by atoms with Crippen molar-refractivity contribution >= 4 is 13.8 Å². The van der Waals surface area contributed by atoms with Gasteiger partial charge in [0.15, 0.2) is 0 Å². The third-order valence-electron chi connectivity index (χ3n) is 11.4. The van der Waals surface area contributed by atoms with Crippen LogP contribution in [-0.4, -0.2) is 98.9 Å². The van der Waals surface area contributed by atoms with Gasteiger partial charge in [-0.1, -0.05) is 171 Å². The molecule has 6 atom stereocenters. The first-order chi connectivity index (χ1) is 31.0. The fourth-order valence-electron chi connectivity index (χ4n) is 7.40. The van der Waals surface area contributed by atoms with E-state index in [-0.39, 0.29) is 13.0 Å². The molecular formula is C51H91O12P. The van der Waals surface area contributed by atoms with Crippen LogP contribution in [0.2, 0.25) is 0 Å². The summed E-state index contributed by atoms with van der Waals surface area (Å²) < 4.78 is 34.3. The number of aliphatic hydroxyl groups is 5. The number of hydrogen-bond acceptors (Lipinski definition) is 11. The molecule has 0 aromatic carbocycles. The number of phosphoric acid groups is 1. The highest BCUT2D eigenvalue weighted by Crippen LogP contribution is 2.47. The Kier molecular flexibility index (Phi) is 38.7. The van der Waals surface area contributed by atoms with Gasteiger partial charge < -0.3 is 39.9 Å². The Labute approximate surface area is 387 Å². The number of phosphoric ester groups is 1. The van der Waals surface area contributed by atoms with E-state index in [1.807, 2.05) is 0 Å². The topological polar surface area (TPSA) is 192 Å². The fraction of sp³-hybridized carbons (Fsp3) is 0.784. The van der Waals surface area contributed by atoms with Crippen molar-refractivity contribution in [2.45, 2.75) is 236 Å². The summed E-state index contributed by atoms with van der Waals surface area (Å²) in [5.41, 5.74) is 0. The lowest BCUT2D eigenvalue weighted by Gasteiger charge is -2.41. The molecule has 1 rings (SSSR count). The molecule has 1 fully saturated rings. The van der Waals surface area contributed by atoms with E-state index in [0.717, 1.165) is 89.9 Å². The smallest absolute Gasteiger partial charge is 0.457 e. The van der Waals surface area contributed by atoms with Gasteiger partial charge in [0.1, 0.15) is 42.7 Å². The third-order valence-corrected chi connectivity index (χ3v) is 12.4. The van der Waals surface area contributed by atoms with Gasteiger partial charge in [-0.2, -0.15) is 0 Å². The van der Waals surface area contributed by atoms with Gasteiger partial charge in [0.05, 0.1) is 13.2 Å². The van der Waals surface area contributed by atoms with E-state index in [1.54, 1.807) is 0 Å². The average Bonchev–Trinajstić information content (AvgIpc) is 3.28. The molecule has 0 spiro atoms. The van der Waals surface area contributed by atoms with E-state index < -0.39 is 63.1 Å². The van der Waals surface area contributed by atoms with E-state index in [4.69, 9.17) is 18.5 Å². The minimum absolute atomic E-state index is 0.0859. The molecule has 0 aliphatic heterocycles. The van der Waals surface area contributed by atoms with Gasteiger partial charge in [-0.3, -0.25) is 13.8 Å². The maximum atomic E-state index is 12.8. The standard InChI is InChI=1S/C51H91O12P/c1-3-5-7-9-11-13-15-17-19-21-22-23-24-25-26-28-30-32-34-36-38-40-45(52)62-44(43-61-64(58,59)63-51-49(56)47(54)46(53)48(55)50(51)57)42-60-41-39-37-35-33-31-29-27-20-18-16-14-12-10-8-6-4-2/h5,7,11,13,17-20,22-23,44,46-51,53-57H,3-4,6,8-10,12,14-16,21,24-43H2,1-2H3,(H,58,59)/b7-5-,13-11-,19-17-,20-18-,23-22-. The van der Waals surface area contributed by atoms with E-state index in [0.29, 0.717) is 13.0 Å². The van der Waals surface area contributed by atoms with Crippen molar-refractivity contribution in [3.05, 3.63) is 60.8 Å². The highest BCUT2D eigenvalue weighted by atomic mass is 31.2. The first-order valence-electron chi connectivity index (χ1n) is 25.1. The molecule has 0 aromatic rings. The molecule has 13 heteroatoms. The zero-order valence-electron chi connectivity index (χ0n) is 39.8. The number of esters is 1. The number of ether oxygens (including phenoxy) is 2. The van der Waals surface area contributed by atoms with Gasteiger partial charge in [0, 0.05) is 13.0 Å². The molecule has 0 radical (unpaired) electrons. The Morgan fingerprint density at radius 1 is 0.516 bits per heavy atom. The summed E-state index contributed by atoms with van der Waals surface area (Å²) >= 11 is 0. The number of aliphatic hydroxyl groups excluding tert-OH is 5. The predicted octanol–water partition coefficient (Wildman–Crippen LogP) is 11.0. The lowest BCUT2D eigenvalue weighted by Crippen LogP contribution is -2.64. The molecule has 64 heavy (non-hydrogen) atoms. The van der Waals surface area contributed by atoms with Crippen molar-refractivity contribution in [3.8, 4) is 0 Å². The van der Waals surface area contributed by atoms with Crippen LogP contribution >= 0.6 is 7.82 Å². The summed E-state index contributed by atoms with van der Waals surface area (Å²) in [6.45, 7) is 4.13. The molecule has 0 saturated heterocycles. The van der Waals surface area contributed by atoms with Crippen LogP contribution < -0.4 is 0 Å². The average molecular weight is 927 g/mol. The second-order valence-corrected chi connectivity index (χ2v) is 18.7. The van der Waals surface area contributed by atoms with Gasteiger partial charge in [0.25, 0.3) is 0 Å². The summed E-state index contributed by atoms with van der Waals surface area (Å²) in [5.74, 6) is -0.489. The van der Waals surface area contributed by atoms with Gasteiger partial charge in [-0.25, -0.2) is 4.57 Å². The van der Waals surface area contributed by atoms with E-state index in [2.05, 4.69) is 74.6 Å². The zero-order valence-corrected chi connectivity index (χ0v) is 40.7. The molecule has 1 aliphatic carbocycles. The lowest BCUT2D eigenvalue weighted by molar-refractivity contribution is -0.220. The van der Waals surface area contributed by atoms with Crippen LogP contribution in [0.15, 0.2) is 60.8 Å². The highest BCUT2D eigenvalue weighted by Gasteiger charge is 2.51. The summed E-state index contributed by atoms with van der Waals surface area (Å²) in [6, 6.07) is 0. The monoisotopic (exact) mass is 927 g/mol. The Balaban J connectivity index is 2.36. The third kappa shape index (κ3) is 32.7. The number of hydrogen-bond donors (Lipinski definition) is 6. The van der Waals surface area contributed by atoms with Crippen LogP contribution in [0, 0.1) is 0 Å². The maximum absolute atomic E-state index is 12.8. The van der Waals surface area contributed by atoms with Gasteiger partial charge in [0.2, 0.25) is 0 Å². The summed E-state index contributed by atoms with van der Waals surface area (Å²) in [4.78, 5) is 23.2. The molecule has 6 unspecified atom stereocenters. The molecule has 0 bridgehead atoms. The van der Waals surface area contributed by atoms with Gasteiger partial charge in [-0.05, 0) is 77.0 Å². The van der Waals surface area contributed by atoms with Crippen LogP contribution in [0.1, 0.15) is 194 Å². The Morgan fingerprint density at radius 3 is 1.42 bits per heavy atom. The van der Waals surface area contributed by atoms with Crippen LogP contribution in [0.4, 0.5) is 0 Å². The largest absolute Gasteiger partial charge is 0.472 e. The second-order valence-electron chi connectivity index (χ2n) is 17.3. The summed E-state index contributed by atoms with van der Waals surface area (Å²) in [6.07, 6.45) is 39.9. The van der Waals surface area contributed by atoms with E-state index in [1.165, 1.54) is 77.0 Å². The van der Waals surface area contributed by atoms with Crippen LogP contribution in [0.25, 0.3) is 0 Å². The first kappa shape index (κ1) is 60.1. The molecule has 1 saturated carbocycles. The SMILES string of the molecule is CC/C=C\C/C=C\C/C=C\C/C=C\CCCCCCCCCCC(=O)OC(COCCCCCCCC/C=C\CCCCCCCC)COP(=O)(O)OC1C(O)C(O)C(O)C(O)C1O. The van der Waals surface area contributed by atoms with Crippen LogP contribution in [-0.2, 0) is 27.9 Å². The Bertz CT molecular complexity index is 1290. The number of carbonyl (C=O) groups is 1. The molecule has 0 amide bonds. The Morgan fingerprint density at radius 2 is 0.922 bits per heavy atom. The second kappa shape index (κ2) is 41.2. The minimum Gasteiger partial charge on any atom is -0.457 e. The summed E-state index contributed by atoms with van der Waals surface area (Å²) in [7, 11) is -5.03. The van der Waals surface area contributed by atoms with Crippen molar-refractivity contribution < 1.29 is 58.3 Å². The van der Waals surface area contributed by atoms with Crippen molar-refractivity contribution in [3.63, 3.8) is 0 Å². The van der Waals surface area contributed by atoms with E-state index >= 15 is 0 Å². The molecule has 1 aliphatic rings. The summed E-state index contributed by atoms with van der Waals surface area (Å²) in [5, 5.41) is 50.3. The number of allylic oxidation sites excluding steroid dienone is 10. The van der Waals surface area contributed by atoms with Crippen molar-refractivity contribution in [1.29, 1.82) is 0 Å². The van der Waals surface area contributed by atoms with Crippen molar-refractivity contribution in [2.75, 3.05) is 19.8 Å². The molecule has 0 aromatic heterocycles. The normalized spacial score (nSPS) is 22.2. The molecule has 12 nitrogen and oxygen atoms in total. The van der Waals surface area contributed by atoms with Crippen molar-refractivity contribution in [1.82, 2.24) is 0 Å². The van der Waals surface area contributed by atoms with Crippen LogP contribution in [0.5, 0.6) is 0 Å². The molecule has 372 valence electrons. The zero-order chi connectivity index (χ0) is 46.9. The first-order valence-corrected chi connectivity index (χ1v) is 26.6. The Hall–Kier alpha value is -1.96. The lowest BCUT2D eigenvalue weighted by atomic mass is 9.85. The van der Waals surface area contributed by atoms with E-state index in [9.17, 15) is 39.8 Å². The maximum Gasteiger partial charge on any atom is 0.472 e.